The second kappa shape index (κ2) is 10.4. The predicted molar refractivity (Wildman–Crippen MR) is 111 cm³/mol. The number of benzene rings is 2. The summed E-state index contributed by atoms with van der Waals surface area (Å²) in [5.41, 5.74) is 0.634. The van der Waals surface area contributed by atoms with Crippen molar-refractivity contribution in [1.29, 1.82) is 0 Å². The molecule has 2 N–H and O–H groups in total. The van der Waals surface area contributed by atoms with Crippen molar-refractivity contribution in [2.24, 2.45) is 0 Å². The van der Waals surface area contributed by atoms with Gasteiger partial charge in [0.25, 0.3) is 0 Å². The number of hydrogen-bond donors (Lipinski definition) is 2. The Morgan fingerprint density at radius 3 is 2.39 bits per heavy atom. The molecule has 3 rings (SSSR count). The molecule has 0 saturated carbocycles. The highest BCUT2D eigenvalue weighted by molar-refractivity contribution is 6.33. The van der Waals surface area contributed by atoms with Crippen molar-refractivity contribution in [3.8, 4) is 5.75 Å². The van der Waals surface area contributed by atoms with Crippen molar-refractivity contribution in [1.82, 2.24) is 9.80 Å². The Morgan fingerprint density at radius 1 is 1.04 bits per heavy atom. The van der Waals surface area contributed by atoms with Crippen molar-refractivity contribution in [2.75, 3.05) is 51.2 Å². The average Bonchev–Trinajstić information content (AvgIpc) is 2.70. The largest absolute Gasteiger partial charge is 0.491 e. The molecule has 0 spiro atoms. The molecular weight excluding hydrogens is 378 g/mol. The molecule has 1 atom stereocenters. The normalized spacial score (nSPS) is 16.5. The summed E-state index contributed by atoms with van der Waals surface area (Å²) < 4.78 is 5.60. The molecule has 0 radical (unpaired) electrons. The zero-order chi connectivity index (χ0) is 19.8. The fraction of sp³-hybridized carbons (Fsp3) is 0.381. The molecule has 1 fully saturated rings. The molecule has 0 aliphatic carbocycles. The SMILES string of the molecule is O=C(CN1CCN(CC(O)COc2ccccc2)CC1)Nc1ccccc1Cl. The van der Waals surface area contributed by atoms with Crippen LogP contribution in [0.3, 0.4) is 0 Å². The number of halogens is 1. The van der Waals surface area contributed by atoms with Crippen molar-refractivity contribution in [2.45, 2.75) is 6.10 Å². The lowest BCUT2D eigenvalue weighted by Gasteiger charge is -2.35. The van der Waals surface area contributed by atoms with E-state index in [2.05, 4.69) is 15.1 Å². The molecule has 7 heteroatoms. The zero-order valence-corrected chi connectivity index (χ0v) is 16.5. The topological polar surface area (TPSA) is 65.0 Å². The van der Waals surface area contributed by atoms with Gasteiger partial charge in [0, 0.05) is 32.7 Å². The van der Waals surface area contributed by atoms with Crippen LogP contribution in [0.2, 0.25) is 5.02 Å². The van der Waals surface area contributed by atoms with Crippen molar-refractivity contribution >= 4 is 23.2 Å². The van der Waals surface area contributed by atoms with E-state index in [0.29, 0.717) is 23.8 Å². The lowest BCUT2D eigenvalue weighted by Crippen LogP contribution is -2.50. The first-order valence-corrected chi connectivity index (χ1v) is 9.83. The highest BCUT2D eigenvalue weighted by Crippen LogP contribution is 2.20. The number of aliphatic hydroxyl groups excluding tert-OH is 1. The van der Waals surface area contributed by atoms with Crippen molar-refractivity contribution < 1.29 is 14.6 Å². The van der Waals surface area contributed by atoms with Gasteiger partial charge < -0.3 is 15.2 Å². The summed E-state index contributed by atoms with van der Waals surface area (Å²) in [5.74, 6) is 0.689. The van der Waals surface area contributed by atoms with Crippen LogP contribution in [0.1, 0.15) is 0 Å². The smallest absolute Gasteiger partial charge is 0.238 e. The lowest BCUT2D eigenvalue weighted by molar-refractivity contribution is -0.117. The van der Waals surface area contributed by atoms with Crippen LogP contribution < -0.4 is 10.1 Å². The number of carbonyl (C=O) groups is 1. The van der Waals surface area contributed by atoms with E-state index in [-0.39, 0.29) is 12.5 Å². The maximum absolute atomic E-state index is 12.2. The molecular formula is C21H26ClN3O3. The monoisotopic (exact) mass is 403 g/mol. The number of piperazine rings is 1. The summed E-state index contributed by atoms with van der Waals surface area (Å²) >= 11 is 6.07. The maximum Gasteiger partial charge on any atom is 0.238 e. The quantitative estimate of drug-likeness (QED) is 0.708. The van der Waals surface area contributed by atoms with Gasteiger partial charge in [0.15, 0.2) is 0 Å². The van der Waals surface area contributed by atoms with E-state index in [4.69, 9.17) is 16.3 Å². The van der Waals surface area contributed by atoms with Crippen LogP contribution in [-0.4, -0.2) is 72.8 Å². The van der Waals surface area contributed by atoms with E-state index in [1.807, 2.05) is 42.5 Å². The Kier molecular flexibility index (Phi) is 7.68. The first-order valence-electron chi connectivity index (χ1n) is 9.45. The molecule has 1 amide bonds. The van der Waals surface area contributed by atoms with Crippen LogP contribution in [0.25, 0.3) is 0 Å². The van der Waals surface area contributed by atoms with Crippen LogP contribution >= 0.6 is 11.6 Å². The van der Waals surface area contributed by atoms with E-state index >= 15 is 0 Å². The number of β-amino-alcohol motifs (C(OH)–C–C–N with tert-alkyl or cyclic N) is 1. The number of anilines is 1. The van der Waals surface area contributed by atoms with E-state index in [1.54, 1.807) is 12.1 Å². The third-order valence-electron chi connectivity index (χ3n) is 4.63. The molecule has 0 bridgehead atoms. The molecule has 2 aromatic carbocycles. The van der Waals surface area contributed by atoms with Gasteiger partial charge >= 0.3 is 0 Å². The molecule has 2 aromatic rings. The number of nitrogens with one attached hydrogen (secondary N) is 1. The number of nitrogens with zero attached hydrogens (tertiary/aromatic N) is 2. The number of hydrogen-bond acceptors (Lipinski definition) is 5. The minimum Gasteiger partial charge on any atom is -0.491 e. The molecule has 1 heterocycles. The molecule has 1 aliphatic rings. The number of amides is 1. The Bertz CT molecular complexity index is 752. The molecule has 28 heavy (non-hydrogen) atoms. The molecule has 1 aliphatic heterocycles. The van der Waals surface area contributed by atoms with Gasteiger partial charge in [-0.25, -0.2) is 0 Å². The van der Waals surface area contributed by atoms with Crippen molar-refractivity contribution in [3.05, 3.63) is 59.6 Å². The first kappa shape index (κ1) is 20.6. The van der Waals surface area contributed by atoms with Gasteiger partial charge in [0.2, 0.25) is 5.91 Å². The van der Waals surface area contributed by atoms with Gasteiger partial charge in [-0.3, -0.25) is 14.6 Å². The lowest BCUT2D eigenvalue weighted by atomic mass is 10.2. The van der Waals surface area contributed by atoms with Gasteiger partial charge in [-0.1, -0.05) is 41.9 Å². The summed E-state index contributed by atoms with van der Waals surface area (Å²) in [7, 11) is 0. The van der Waals surface area contributed by atoms with E-state index in [1.165, 1.54) is 0 Å². The summed E-state index contributed by atoms with van der Waals surface area (Å²) in [6, 6.07) is 16.7. The third-order valence-corrected chi connectivity index (χ3v) is 4.96. The Labute approximate surface area is 170 Å². The minimum atomic E-state index is -0.546. The molecule has 1 saturated heterocycles. The van der Waals surface area contributed by atoms with Crippen LogP contribution in [0.5, 0.6) is 5.75 Å². The number of rotatable bonds is 8. The molecule has 0 aromatic heterocycles. The van der Waals surface area contributed by atoms with E-state index < -0.39 is 6.10 Å². The minimum absolute atomic E-state index is 0.0714. The fourth-order valence-corrected chi connectivity index (χ4v) is 3.33. The molecule has 150 valence electrons. The summed E-state index contributed by atoms with van der Waals surface area (Å²) in [5, 5.41) is 13.6. The standard InChI is InChI=1S/C21H26ClN3O3/c22-19-8-4-5-9-20(19)23-21(27)15-25-12-10-24(11-13-25)14-17(26)16-28-18-6-2-1-3-7-18/h1-9,17,26H,10-16H2,(H,23,27). The van der Waals surface area contributed by atoms with Crippen LogP contribution in [0, 0.1) is 0 Å². The van der Waals surface area contributed by atoms with E-state index in [0.717, 1.165) is 31.9 Å². The van der Waals surface area contributed by atoms with Crippen LogP contribution in [0.15, 0.2) is 54.6 Å². The summed E-state index contributed by atoms with van der Waals surface area (Å²) in [6.45, 7) is 4.34. The average molecular weight is 404 g/mol. The maximum atomic E-state index is 12.2. The third kappa shape index (κ3) is 6.49. The Hall–Kier alpha value is -2.12. The number of aliphatic hydroxyl groups is 1. The van der Waals surface area contributed by atoms with Crippen molar-refractivity contribution in [3.63, 3.8) is 0 Å². The van der Waals surface area contributed by atoms with Crippen LogP contribution in [0.4, 0.5) is 5.69 Å². The number of ether oxygens (including phenoxy) is 1. The first-order chi connectivity index (χ1) is 13.6. The number of para-hydroxylation sites is 2. The molecule has 6 nitrogen and oxygen atoms in total. The van der Waals surface area contributed by atoms with Gasteiger partial charge in [-0.05, 0) is 24.3 Å². The second-order valence-electron chi connectivity index (χ2n) is 6.88. The summed E-state index contributed by atoms with van der Waals surface area (Å²) in [4.78, 5) is 16.5. The predicted octanol–water partition coefficient (Wildman–Crippen LogP) is 2.34. The summed E-state index contributed by atoms with van der Waals surface area (Å²) in [6.07, 6.45) is -0.546. The second-order valence-corrected chi connectivity index (χ2v) is 7.29. The highest BCUT2D eigenvalue weighted by Gasteiger charge is 2.21. The van der Waals surface area contributed by atoms with Gasteiger partial charge in [0.05, 0.1) is 17.3 Å². The fourth-order valence-electron chi connectivity index (χ4n) is 3.15. The molecule has 1 unspecified atom stereocenters. The van der Waals surface area contributed by atoms with Crippen LogP contribution in [-0.2, 0) is 4.79 Å². The van der Waals surface area contributed by atoms with E-state index in [9.17, 15) is 9.90 Å². The van der Waals surface area contributed by atoms with Gasteiger partial charge in [-0.15, -0.1) is 0 Å². The Balaban J connectivity index is 1.35. The number of carbonyl (C=O) groups excluding carboxylic acids is 1. The van der Waals surface area contributed by atoms with Gasteiger partial charge in [0.1, 0.15) is 18.5 Å². The highest BCUT2D eigenvalue weighted by atomic mass is 35.5. The Morgan fingerprint density at radius 2 is 1.68 bits per heavy atom. The van der Waals surface area contributed by atoms with Gasteiger partial charge in [-0.2, -0.15) is 0 Å². The zero-order valence-electron chi connectivity index (χ0n) is 15.8.